The van der Waals surface area contributed by atoms with Crippen LogP contribution in [-0.2, 0) is 6.54 Å². The zero-order valence-corrected chi connectivity index (χ0v) is 13.2. The summed E-state index contributed by atoms with van der Waals surface area (Å²) in [6.45, 7) is 2.90. The van der Waals surface area contributed by atoms with E-state index in [1.807, 2.05) is 31.3 Å². The number of ether oxygens (including phenoxy) is 1. The van der Waals surface area contributed by atoms with Crippen molar-refractivity contribution in [1.29, 1.82) is 0 Å². The third-order valence-electron chi connectivity index (χ3n) is 3.96. The fourth-order valence-electron chi connectivity index (χ4n) is 2.65. The Morgan fingerprint density at radius 3 is 2.68 bits per heavy atom. The Kier molecular flexibility index (Phi) is 4.70. The molecule has 6 heteroatoms. The highest BCUT2D eigenvalue weighted by atomic mass is 16.5. The Balaban J connectivity index is 1.62. The fraction of sp³-hybridized carbons (Fsp3) is 0.500. The zero-order chi connectivity index (χ0) is 15.4. The van der Waals surface area contributed by atoms with Gasteiger partial charge in [0.1, 0.15) is 17.7 Å². The summed E-state index contributed by atoms with van der Waals surface area (Å²) in [6, 6.07) is 8.02. The standard InChI is InChI=1S/C16H23N5O/c1-17-11-15-18-16(20-19-15)12-3-5-13(6-4-12)22-14-7-9-21(2)10-8-14/h3-6,14,17H,7-11H2,1-2H3,(H,18,19,20). The first kappa shape index (κ1) is 15.0. The Labute approximate surface area is 130 Å². The smallest absolute Gasteiger partial charge is 0.181 e. The van der Waals surface area contributed by atoms with Crippen molar-refractivity contribution in [2.75, 3.05) is 27.2 Å². The van der Waals surface area contributed by atoms with Crippen molar-refractivity contribution in [1.82, 2.24) is 25.4 Å². The van der Waals surface area contributed by atoms with Crippen molar-refractivity contribution in [2.45, 2.75) is 25.5 Å². The van der Waals surface area contributed by atoms with Crippen LogP contribution in [0.2, 0.25) is 0 Å². The average Bonchev–Trinajstić information content (AvgIpc) is 2.99. The fourth-order valence-corrected chi connectivity index (χ4v) is 2.65. The van der Waals surface area contributed by atoms with Crippen molar-refractivity contribution in [3.63, 3.8) is 0 Å². The Bertz CT molecular complexity index is 587. The van der Waals surface area contributed by atoms with Gasteiger partial charge in [-0.2, -0.15) is 5.10 Å². The van der Waals surface area contributed by atoms with E-state index in [1.54, 1.807) is 0 Å². The molecule has 2 aromatic rings. The molecule has 0 saturated carbocycles. The van der Waals surface area contributed by atoms with Crippen LogP contribution in [0.1, 0.15) is 18.7 Å². The molecule has 22 heavy (non-hydrogen) atoms. The lowest BCUT2D eigenvalue weighted by Crippen LogP contribution is -2.35. The van der Waals surface area contributed by atoms with Crippen LogP contribution in [-0.4, -0.2) is 53.4 Å². The van der Waals surface area contributed by atoms with Gasteiger partial charge in [0.2, 0.25) is 0 Å². The molecule has 2 heterocycles. The maximum absolute atomic E-state index is 6.05. The number of nitrogens with zero attached hydrogens (tertiary/aromatic N) is 3. The van der Waals surface area contributed by atoms with Crippen LogP contribution in [0.25, 0.3) is 11.4 Å². The van der Waals surface area contributed by atoms with Crippen LogP contribution in [0.3, 0.4) is 0 Å². The predicted molar refractivity (Wildman–Crippen MR) is 85.7 cm³/mol. The topological polar surface area (TPSA) is 66.1 Å². The minimum Gasteiger partial charge on any atom is -0.490 e. The molecule has 0 radical (unpaired) electrons. The van der Waals surface area contributed by atoms with Gasteiger partial charge in [-0.1, -0.05) is 0 Å². The molecule has 0 aliphatic carbocycles. The normalized spacial score (nSPS) is 16.8. The quantitative estimate of drug-likeness (QED) is 0.879. The molecular weight excluding hydrogens is 278 g/mol. The number of aromatic amines is 1. The van der Waals surface area contributed by atoms with Gasteiger partial charge in [-0.05, 0) is 51.2 Å². The van der Waals surface area contributed by atoms with E-state index in [9.17, 15) is 0 Å². The molecule has 1 saturated heterocycles. The monoisotopic (exact) mass is 301 g/mol. The van der Waals surface area contributed by atoms with Gasteiger partial charge in [-0.25, -0.2) is 4.98 Å². The molecule has 0 amide bonds. The van der Waals surface area contributed by atoms with Crippen LogP contribution in [0.5, 0.6) is 5.75 Å². The molecule has 0 unspecified atom stereocenters. The molecule has 0 bridgehead atoms. The largest absolute Gasteiger partial charge is 0.490 e. The molecule has 0 spiro atoms. The number of rotatable bonds is 5. The van der Waals surface area contributed by atoms with Gasteiger partial charge in [0.05, 0.1) is 6.54 Å². The molecule has 1 aliphatic rings. The first-order chi connectivity index (χ1) is 10.7. The summed E-state index contributed by atoms with van der Waals surface area (Å²) in [5.74, 6) is 2.48. The van der Waals surface area contributed by atoms with Crippen molar-refractivity contribution in [3.05, 3.63) is 30.1 Å². The number of hydrogen-bond donors (Lipinski definition) is 2. The van der Waals surface area contributed by atoms with Crippen LogP contribution in [0, 0.1) is 0 Å². The maximum atomic E-state index is 6.05. The van der Waals surface area contributed by atoms with Gasteiger partial charge in [-0.15, -0.1) is 0 Å². The van der Waals surface area contributed by atoms with E-state index in [0.717, 1.165) is 48.9 Å². The molecule has 6 nitrogen and oxygen atoms in total. The van der Waals surface area contributed by atoms with Gasteiger partial charge in [0.25, 0.3) is 0 Å². The summed E-state index contributed by atoms with van der Waals surface area (Å²) in [5, 5.41) is 10.2. The second kappa shape index (κ2) is 6.89. The lowest BCUT2D eigenvalue weighted by molar-refractivity contribution is 0.114. The number of likely N-dealkylation sites (tertiary alicyclic amines) is 1. The van der Waals surface area contributed by atoms with Gasteiger partial charge in [0, 0.05) is 18.7 Å². The average molecular weight is 301 g/mol. The van der Waals surface area contributed by atoms with Crippen molar-refractivity contribution >= 4 is 0 Å². The highest BCUT2D eigenvalue weighted by Crippen LogP contribution is 2.22. The number of H-pyrrole nitrogens is 1. The molecule has 1 aromatic heterocycles. The molecule has 1 aliphatic heterocycles. The third-order valence-corrected chi connectivity index (χ3v) is 3.96. The van der Waals surface area contributed by atoms with Gasteiger partial charge in [-0.3, -0.25) is 5.10 Å². The Morgan fingerprint density at radius 2 is 2.00 bits per heavy atom. The molecule has 3 rings (SSSR count). The van der Waals surface area contributed by atoms with Gasteiger partial charge < -0.3 is 15.0 Å². The van der Waals surface area contributed by atoms with E-state index in [0.29, 0.717) is 12.6 Å². The zero-order valence-electron chi connectivity index (χ0n) is 13.2. The molecule has 1 fully saturated rings. The highest BCUT2D eigenvalue weighted by Gasteiger charge is 2.18. The predicted octanol–water partition coefficient (Wildman–Crippen LogP) is 1.66. The van der Waals surface area contributed by atoms with Crippen molar-refractivity contribution in [2.24, 2.45) is 0 Å². The van der Waals surface area contributed by atoms with Crippen LogP contribution in [0.15, 0.2) is 24.3 Å². The van der Waals surface area contributed by atoms with Crippen LogP contribution < -0.4 is 10.1 Å². The number of nitrogens with one attached hydrogen (secondary N) is 2. The summed E-state index contributed by atoms with van der Waals surface area (Å²) in [5.41, 5.74) is 0.995. The minimum absolute atomic E-state index is 0.327. The maximum Gasteiger partial charge on any atom is 0.181 e. The van der Waals surface area contributed by atoms with Crippen molar-refractivity contribution < 1.29 is 4.74 Å². The Morgan fingerprint density at radius 1 is 1.27 bits per heavy atom. The summed E-state index contributed by atoms with van der Waals surface area (Å²) in [7, 11) is 4.04. The van der Waals surface area contributed by atoms with Crippen LogP contribution in [0.4, 0.5) is 0 Å². The summed E-state index contributed by atoms with van der Waals surface area (Å²) >= 11 is 0. The summed E-state index contributed by atoms with van der Waals surface area (Å²) in [6.07, 6.45) is 2.51. The molecule has 118 valence electrons. The van der Waals surface area contributed by atoms with Gasteiger partial charge in [0.15, 0.2) is 5.82 Å². The molecule has 1 aromatic carbocycles. The second-order valence-corrected chi connectivity index (χ2v) is 5.78. The number of aromatic nitrogens is 3. The molecule has 0 atom stereocenters. The number of hydrogen-bond acceptors (Lipinski definition) is 5. The molecular formula is C16H23N5O. The lowest BCUT2D eigenvalue weighted by Gasteiger charge is -2.29. The Hall–Kier alpha value is -1.92. The van der Waals surface area contributed by atoms with E-state index >= 15 is 0 Å². The van der Waals surface area contributed by atoms with Crippen LogP contribution >= 0.6 is 0 Å². The first-order valence-electron chi connectivity index (χ1n) is 7.76. The van der Waals surface area contributed by atoms with E-state index in [2.05, 4.69) is 32.4 Å². The van der Waals surface area contributed by atoms with Crippen molar-refractivity contribution in [3.8, 4) is 17.1 Å². The lowest BCUT2D eigenvalue weighted by atomic mass is 10.1. The number of benzene rings is 1. The van der Waals surface area contributed by atoms with E-state index in [-0.39, 0.29) is 0 Å². The summed E-state index contributed by atoms with van der Waals surface area (Å²) in [4.78, 5) is 6.79. The minimum atomic E-state index is 0.327. The first-order valence-corrected chi connectivity index (χ1v) is 7.76. The SMILES string of the molecule is CNCc1nc(-c2ccc(OC3CCN(C)CC3)cc2)n[nH]1. The van der Waals surface area contributed by atoms with E-state index in [1.165, 1.54) is 0 Å². The highest BCUT2D eigenvalue weighted by molar-refractivity contribution is 5.55. The number of piperidine rings is 1. The second-order valence-electron chi connectivity index (χ2n) is 5.78. The summed E-state index contributed by atoms with van der Waals surface area (Å²) < 4.78 is 6.05. The van der Waals surface area contributed by atoms with Gasteiger partial charge >= 0.3 is 0 Å². The molecule has 2 N–H and O–H groups in total. The van der Waals surface area contributed by atoms with E-state index in [4.69, 9.17) is 4.74 Å². The third kappa shape index (κ3) is 3.64. The van der Waals surface area contributed by atoms with E-state index < -0.39 is 0 Å².